The van der Waals surface area contributed by atoms with Crippen LogP contribution in [-0.2, 0) is 47.3 Å². The van der Waals surface area contributed by atoms with Crippen molar-refractivity contribution in [3.63, 3.8) is 0 Å². The lowest BCUT2D eigenvalue weighted by Crippen LogP contribution is -2.41. The smallest absolute Gasteiger partial charge is 0.337 e. The summed E-state index contributed by atoms with van der Waals surface area (Å²) < 4.78 is 8.91. The van der Waals surface area contributed by atoms with Crippen molar-refractivity contribution in [1.29, 1.82) is 0 Å². The van der Waals surface area contributed by atoms with E-state index in [2.05, 4.69) is 30.2 Å². The first-order valence-corrected chi connectivity index (χ1v) is 9.92. The van der Waals surface area contributed by atoms with E-state index in [0.29, 0.717) is 0 Å². The summed E-state index contributed by atoms with van der Waals surface area (Å²) in [5.41, 5.74) is 10.1. The molecule has 0 bridgehead atoms. The van der Waals surface area contributed by atoms with Gasteiger partial charge in [-0.25, -0.2) is 9.59 Å². The summed E-state index contributed by atoms with van der Waals surface area (Å²) in [6, 6.07) is 0. The Kier molecular flexibility index (Phi) is 15.2. The van der Waals surface area contributed by atoms with Crippen LogP contribution in [0.15, 0.2) is 0 Å². The van der Waals surface area contributed by atoms with Crippen LogP contribution >= 0.6 is 12.0 Å². The van der Waals surface area contributed by atoms with Gasteiger partial charge in [0, 0.05) is 6.42 Å². The van der Waals surface area contributed by atoms with Gasteiger partial charge in [0.1, 0.15) is 25.1 Å². The zero-order valence-corrected chi connectivity index (χ0v) is 18.1. The van der Waals surface area contributed by atoms with Gasteiger partial charge in [0.05, 0.1) is 32.6 Å². The molecule has 17 heteroatoms. The van der Waals surface area contributed by atoms with Crippen LogP contribution in [-0.4, -0.2) is 85.9 Å². The molecule has 0 aromatic rings. The van der Waals surface area contributed by atoms with E-state index < -0.39 is 85.7 Å². The van der Waals surface area contributed by atoms with Crippen molar-refractivity contribution in [2.24, 2.45) is 11.5 Å². The quantitative estimate of drug-likeness (QED) is 0.0800. The number of carbonyl (C=O) groups is 8. The molecule has 0 rings (SSSR count). The van der Waals surface area contributed by atoms with Crippen molar-refractivity contribution in [1.82, 2.24) is 21.3 Å². The Hall–Kier alpha value is -3.57. The molecule has 0 aliphatic rings. The highest BCUT2D eigenvalue weighted by Crippen LogP contribution is 2.09. The molecule has 16 nitrogen and oxygen atoms in total. The SMILES string of the molecule is NCC(=O)NCC(=O)NCC(=O)OSC(=O)CCC(=O)OC(=O)CNC(=O)CNC(=O)CN. The number of nitrogens with one attached hydrogen (secondary N) is 4. The number of hydrogen-bond donors (Lipinski definition) is 6. The van der Waals surface area contributed by atoms with Crippen molar-refractivity contribution >= 4 is 58.7 Å². The number of hydrogen-bond acceptors (Lipinski definition) is 13. The largest absolute Gasteiger partial charge is 0.392 e. The number of rotatable bonds is 13. The van der Waals surface area contributed by atoms with Gasteiger partial charge in [0.15, 0.2) is 0 Å². The van der Waals surface area contributed by atoms with Crippen molar-refractivity contribution in [2.75, 3.05) is 39.3 Å². The van der Waals surface area contributed by atoms with Crippen LogP contribution in [0.25, 0.3) is 0 Å². The van der Waals surface area contributed by atoms with Gasteiger partial charge in [0.2, 0.25) is 28.7 Å². The van der Waals surface area contributed by atoms with Crippen molar-refractivity contribution in [3.8, 4) is 0 Å². The standard InChI is InChI=1S/C16H24N6O10S/c17-3-9(23)19-5-11(25)21-7-14(28)31-13(27)1-2-16(30)33-32-15(29)8-22-12(26)6-20-10(24)4-18/h1-8,17-18H2,(H,19,23)(H,20,24)(H,21,25)(H,22,26). The van der Waals surface area contributed by atoms with Gasteiger partial charge < -0.3 is 41.7 Å². The number of esters is 2. The zero-order valence-electron chi connectivity index (χ0n) is 17.3. The van der Waals surface area contributed by atoms with E-state index in [1.165, 1.54) is 0 Å². The van der Waals surface area contributed by atoms with Crippen LogP contribution in [0.5, 0.6) is 0 Å². The fraction of sp³-hybridized carbons (Fsp3) is 0.500. The molecule has 0 heterocycles. The molecular weight excluding hydrogens is 468 g/mol. The second kappa shape index (κ2) is 17.0. The molecule has 0 radical (unpaired) electrons. The maximum absolute atomic E-state index is 11.6. The molecule has 8 N–H and O–H groups in total. The number of amides is 4. The fourth-order valence-electron chi connectivity index (χ4n) is 1.55. The number of nitrogens with two attached hydrogens (primary N) is 2. The molecule has 0 saturated carbocycles. The highest BCUT2D eigenvalue weighted by atomic mass is 32.2. The van der Waals surface area contributed by atoms with Crippen LogP contribution in [0, 0.1) is 0 Å². The van der Waals surface area contributed by atoms with Crippen LogP contribution < -0.4 is 32.7 Å². The second-order valence-corrected chi connectivity index (χ2v) is 6.56. The Bertz CT molecular complexity index is 775. The first-order chi connectivity index (χ1) is 15.6. The monoisotopic (exact) mass is 492 g/mol. The molecule has 0 aromatic heterocycles. The predicted molar refractivity (Wildman–Crippen MR) is 109 cm³/mol. The summed E-state index contributed by atoms with van der Waals surface area (Å²) in [4.78, 5) is 90.5. The lowest BCUT2D eigenvalue weighted by atomic mass is 10.3. The molecule has 0 saturated heterocycles. The maximum atomic E-state index is 11.6. The molecule has 0 aromatic carbocycles. The Balaban J connectivity index is 3.95. The van der Waals surface area contributed by atoms with Gasteiger partial charge in [-0.3, -0.25) is 28.8 Å². The lowest BCUT2D eigenvalue weighted by Gasteiger charge is -2.06. The first-order valence-electron chi connectivity index (χ1n) is 9.18. The van der Waals surface area contributed by atoms with E-state index in [1.807, 2.05) is 0 Å². The first kappa shape index (κ1) is 29.4. The Morgan fingerprint density at radius 3 is 1.52 bits per heavy atom. The molecule has 4 amide bonds. The van der Waals surface area contributed by atoms with Gasteiger partial charge in [-0.1, -0.05) is 0 Å². The molecule has 0 spiro atoms. The third-order valence-corrected chi connectivity index (χ3v) is 3.77. The molecule has 0 fully saturated rings. The molecule has 0 aliphatic heterocycles. The molecule has 0 atom stereocenters. The minimum Gasteiger partial charge on any atom is -0.392 e. The van der Waals surface area contributed by atoms with E-state index in [1.54, 1.807) is 0 Å². The van der Waals surface area contributed by atoms with Gasteiger partial charge in [-0.05, 0) is 0 Å². The zero-order chi connectivity index (χ0) is 25.2. The second-order valence-electron chi connectivity index (χ2n) is 5.77. The third kappa shape index (κ3) is 16.8. The third-order valence-electron chi connectivity index (χ3n) is 3.11. The minimum atomic E-state index is -1.09. The Morgan fingerprint density at radius 1 is 0.576 bits per heavy atom. The van der Waals surface area contributed by atoms with E-state index in [0.717, 1.165) is 0 Å². The molecule has 0 unspecified atom stereocenters. The highest BCUT2D eigenvalue weighted by molar-refractivity contribution is 8.09. The van der Waals surface area contributed by atoms with Gasteiger partial charge in [-0.15, -0.1) is 0 Å². The van der Waals surface area contributed by atoms with Crippen LogP contribution in [0.2, 0.25) is 0 Å². The molecule has 184 valence electrons. The summed E-state index contributed by atoms with van der Waals surface area (Å²) in [5.74, 6) is -5.66. The predicted octanol–water partition coefficient (Wildman–Crippen LogP) is -5.06. The summed E-state index contributed by atoms with van der Waals surface area (Å²) in [6.07, 6.45) is -0.938. The fourth-order valence-corrected chi connectivity index (χ4v) is 1.98. The average Bonchev–Trinajstić information content (AvgIpc) is 2.80. The minimum absolute atomic E-state index is 0.124. The van der Waals surface area contributed by atoms with E-state index >= 15 is 0 Å². The number of ether oxygens (including phenoxy) is 1. The van der Waals surface area contributed by atoms with Gasteiger partial charge >= 0.3 is 17.9 Å². The summed E-state index contributed by atoms with van der Waals surface area (Å²) >= 11 is 0.124. The summed E-state index contributed by atoms with van der Waals surface area (Å²) in [7, 11) is 0. The summed E-state index contributed by atoms with van der Waals surface area (Å²) in [5, 5.41) is 7.83. The normalized spacial score (nSPS) is 9.76. The van der Waals surface area contributed by atoms with Crippen molar-refractivity contribution in [3.05, 3.63) is 0 Å². The average molecular weight is 492 g/mol. The van der Waals surface area contributed by atoms with Gasteiger partial charge in [-0.2, -0.15) is 0 Å². The summed E-state index contributed by atoms with van der Waals surface area (Å²) in [6.45, 7) is -2.66. The lowest BCUT2D eigenvalue weighted by molar-refractivity contribution is -0.159. The molecular formula is C16H24N6O10S. The Morgan fingerprint density at radius 2 is 1.03 bits per heavy atom. The maximum Gasteiger partial charge on any atom is 0.337 e. The van der Waals surface area contributed by atoms with E-state index in [9.17, 15) is 38.4 Å². The van der Waals surface area contributed by atoms with Crippen molar-refractivity contribution in [2.45, 2.75) is 12.8 Å². The highest BCUT2D eigenvalue weighted by Gasteiger charge is 2.16. The van der Waals surface area contributed by atoms with Crippen LogP contribution in [0.4, 0.5) is 0 Å². The Labute approximate surface area is 191 Å². The topological polar surface area (TPSA) is 255 Å². The van der Waals surface area contributed by atoms with Crippen LogP contribution in [0.3, 0.4) is 0 Å². The molecule has 0 aliphatic carbocycles. The van der Waals surface area contributed by atoms with Crippen molar-refractivity contribution < 1.29 is 47.3 Å². The van der Waals surface area contributed by atoms with E-state index in [-0.39, 0.29) is 25.1 Å². The van der Waals surface area contributed by atoms with Crippen LogP contribution in [0.1, 0.15) is 12.8 Å². The van der Waals surface area contributed by atoms with E-state index in [4.69, 9.17) is 11.5 Å². The molecule has 33 heavy (non-hydrogen) atoms. The number of carbonyl (C=O) groups excluding carboxylic acids is 8. The van der Waals surface area contributed by atoms with Gasteiger partial charge in [0.25, 0.3) is 0 Å².